The summed E-state index contributed by atoms with van der Waals surface area (Å²) in [5.74, 6) is 9.29. The predicted octanol–water partition coefficient (Wildman–Crippen LogP) is 3.20. The van der Waals surface area contributed by atoms with Crippen LogP contribution in [0.5, 0.6) is 0 Å². The van der Waals surface area contributed by atoms with Crippen molar-refractivity contribution < 1.29 is 4.55 Å². The van der Waals surface area contributed by atoms with Gasteiger partial charge in [0.25, 0.3) is 0 Å². The van der Waals surface area contributed by atoms with Crippen LogP contribution < -0.4 is 0 Å². The molecule has 0 fully saturated rings. The van der Waals surface area contributed by atoms with E-state index in [0.717, 1.165) is 22.9 Å². The Morgan fingerprint density at radius 1 is 1.40 bits per heavy atom. The molecule has 1 unspecified atom stereocenters. The molecule has 0 N–H and O–H groups in total. The summed E-state index contributed by atoms with van der Waals surface area (Å²) in [6.07, 6.45) is 7.28. The summed E-state index contributed by atoms with van der Waals surface area (Å²) in [4.78, 5) is 0. The Bertz CT molecular complexity index is 515. The smallest absolute Gasteiger partial charge is 0.125 e. The van der Waals surface area contributed by atoms with E-state index in [4.69, 9.17) is 6.42 Å². The fourth-order valence-electron chi connectivity index (χ4n) is 1.49. The molecule has 1 atom stereocenters. The van der Waals surface area contributed by atoms with Gasteiger partial charge in [-0.1, -0.05) is 53.1 Å². The maximum absolute atomic E-state index is 12.1. The first kappa shape index (κ1) is 17.1. The maximum atomic E-state index is 12.1. The molecule has 4 heteroatoms. The fraction of sp³-hybridized carbons (Fsp3) is 0.375. The Kier molecular flexibility index (Phi) is 8.49. The molecule has 20 heavy (non-hydrogen) atoms. The van der Waals surface area contributed by atoms with Crippen LogP contribution in [-0.2, 0) is 11.4 Å². The van der Waals surface area contributed by atoms with Crippen molar-refractivity contribution in [2.75, 3.05) is 18.8 Å². The first-order chi connectivity index (χ1) is 9.67. The molecule has 0 aromatic heterocycles. The molecule has 0 saturated carbocycles. The topological polar surface area (TPSA) is 26.3 Å². The molecule has 0 bridgehead atoms. The number of terminal acetylenes is 1. The highest BCUT2D eigenvalue weighted by Gasteiger charge is 2.16. The van der Waals surface area contributed by atoms with Crippen LogP contribution in [0.2, 0.25) is 0 Å². The van der Waals surface area contributed by atoms with Crippen molar-refractivity contribution in [2.45, 2.75) is 19.8 Å². The van der Waals surface area contributed by atoms with Crippen LogP contribution in [-0.4, -0.2) is 27.7 Å². The van der Waals surface area contributed by atoms with Crippen molar-refractivity contribution in [3.8, 4) is 24.2 Å². The second-order valence-corrected chi connectivity index (χ2v) is 6.68. The predicted molar refractivity (Wildman–Crippen MR) is 89.3 cm³/mol. The lowest BCUT2D eigenvalue weighted by Gasteiger charge is -2.20. The molecule has 0 aliphatic carbocycles. The summed E-state index contributed by atoms with van der Waals surface area (Å²) in [6, 6.07) is 7.78. The molecule has 0 amide bonds. The van der Waals surface area contributed by atoms with E-state index >= 15 is 0 Å². The van der Waals surface area contributed by atoms with Gasteiger partial charge in [-0.15, -0.1) is 10.7 Å². The van der Waals surface area contributed by atoms with Crippen molar-refractivity contribution in [3.05, 3.63) is 34.3 Å². The van der Waals surface area contributed by atoms with Crippen molar-refractivity contribution in [1.29, 1.82) is 0 Å². The Labute approximate surface area is 133 Å². The Hall–Kier alpha value is -0.910. The first-order valence-electron chi connectivity index (χ1n) is 6.48. The average Bonchev–Trinajstić information content (AvgIpc) is 2.44. The van der Waals surface area contributed by atoms with Gasteiger partial charge in [-0.2, -0.15) is 0 Å². The number of hydrogen-bond donors (Lipinski definition) is 0. The quantitative estimate of drug-likeness (QED) is 0.581. The number of rotatable bonds is 6. The largest absolute Gasteiger partial charge is 0.598 e. The molecule has 1 rings (SSSR count). The molecular formula is C16H18BrNOS. The zero-order valence-corrected chi connectivity index (χ0v) is 14.0. The normalized spacial score (nSPS) is 11.6. The Balaban J connectivity index is 2.61. The van der Waals surface area contributed by atoms with Crippen LogP contribution in [0.4, 0.5) is 0 Å². The van der Waals surface area contributed by atoms with Crippen molar-refractivity contribution in [3.63, 3.8) is 0 Å². The van der Waals surface area contributed by atoms with E-state index < -0.39 is 11.4 Å². The average molecular weight is 352 g/mol. The summed E-state index contributed by atoms with van der Waals surface area (Å²) >= 11 is 2.37. The molecular weight excluding hydrogens is 334 g/mol. The van der Waals surface area contributed by atoms with E-state index in [-0.39, 0.29) is 0 Å². The second kappa shape index (κ2) is 9.91. The first-order valence-corrected chi connectivity index (χ1v) is 8.55. The lowest BCUT2D eigenvalue weighted by atomic mass is 10.2. The molecule has 2 nitrogen and oxygen atoms in total. The Morgan fingerprint density at radius 2 is 2.20 bits per heavy atom. The Morgan fingerprint density at radius 3 is 2.85 bits per heavy atom. The summed E-state index contributed by atoms with van der Waals surface area (Å²) in [5.41, 5.74) is 0.930. The summed E-state index contributed by atoms with van der Waals surface area (Å²) in [7, 11) is 0. The number of nitrogens with zero attached hydrogens (tertiary/aromatic N) is 1. The molecule has 0 saturated heterocycles. The zero-order chi connectivity index (χ0) is 14.8. The highest BCUT2D eigenvalue weighted by atomic mass is 79.9. The number of benzene rings is 1. The van der Waals surface area contributed by atoms with Crippen LogP contribution >= 0.6 is 15.9 Å². The molecule has 1 aromatic carbocycles. The molecule has 0 aliphatic heterocycles. The van der Waals surface area contributed by atoms with Crippen molar-refractivity contribution >= 4 is 27.3 Å². The summed E-state index contributed by atoms with van der Waals surface area (Å²) in [5, 5.41) is 0. The van der Waals surface area contributed by atoms with Gasteiger partial charge in [0.2, 0.25) is 0 Å². The highest BCUT2D eigenvalue weighted by Crippen LogP contribution is 2.10. The molecule has 0 radical (unpaired) electrons. The van der Waals surface area contributed by atoms with Gasteiger partial charge in [0.05, 0.1) is 0 Å². The number of hydrogen-bond acceptors (Lipinski definition) is 2. The monoisotopic (exact) mass is 351 g/mol. The lowest BCUT2D eigenvalue weighted by Crippen LogP contribution is -2.33. The summed E-state index contributed by atoms with van der Waals surface area (Å²) < 4.78 is 14.8. The SMILES string of the molecule is C#CCN(CC#Cc1cccc(Br)c1)[S+]([O-])CCCC. The maximum Gasteiger partial charge on any atom is 0.125 e. The van der Waals surface area contributed by atoms with Gasteiger partial charge in [-0.05, 0) is 24.6 Å². The summed E-state index contributed by atoms with van der Waals surface area (Å²) in [6.45, 7) is 2.87. The van der Waals surface area contributed by atoms with E-state index in [1.54, 1.807) is 4.31 Å². The van der Waals surface area contributed by atoms with E-state index in [2.05, 4.69) is 40.6 Å². The minimum Gasteiger partial charge on any atom is -0.598 e. The van der Waals surface area contributed by atoms with Crippen LogP contribution in [0.15, 0.2) is 28.7 Å². The standard InChI is InChI=1S/C16H18BrNOS/c1-3-5-13-20(19)18(11-4-2)12-7-9-15-8-6-10-16(17)14-15/h2,6,8,10,14H,3,5,11-13H2,1H3. The van der Waals surface area contributed by atoms with E-state index in [1.807, 2.05) is 24.3 Å². The molecule has 0 heterocycles. The molecule has 0 aliphatic rings. The number of halogens is 1. The molecule has 1 aromatic rings. The van der Waals surface area contributed by atoms with E-state index in [0.29, 0.717) is 18.8 Å². The fourth-order valence-corrected chi connectivity index (χ4v) is 3.11. The van der Waals surface area contributed by atoms with E-state index in [1.165, 1.54) is 0 Å². The third-order valence-electron chi connectivity index (χ3n) is 2.54. The second-order valence-electron chi connectivity index (χ2n) is 4.19. The van der Waals surface area contributed by atoms with E-state index in [9.17, 15) is 4.55 Å². The van der Waals surface area contributed by atoms with Gasteiger partial charge in [0, 0.05) is 21.4 Å². The van der Waals surface area contributed by atoms with Crippen LogP contribution in [0, 0.1) is 24.2 Å². The highest BCUT2D eigenvalue weighted by molar-refractivity contribution is 9.10. The van der Waals surface area contributed by atoms with Gasteiger partial charge in [0.1, 0.15) is 18.8 Å². The van der Waals surface area contributed by atoms with Crippen LogP contribution in [0.1, 0.15) is 25.3 Å². The van der Waals surface area contributed by atoms with Crippen LogP contribution in [0.25, 0.3) is 0 Å². The number of unbranched alkanes of at least 4 members (excludes halogenated alkanes) is 1. The van der Waals surface area contributed by atoms with Crippen LogP contribution in [0.3, 0.4) is 0 Å². The van der Waals surface area contributed by atoms with Gasteiger partial charge in [-0.25, -0.2) is 0 Å². The van der Waals surface area contributed by atoms with Gasteiger partial charge >= 0.3 is 0 Å². The third kappa shape index (κ3) is 6.50. The minimum atomic E-state index is -1.04. The van der Waals surface area contributed by atoms with Gasteiger partial charge in [0.15, 0.2) is 0 Å². The zero-order valence-electron chi connectivity index (χ0n) is 11.6. The van der Waals surface area contributed by atoms with Gasteiger partial charge < -0.3 is 4.55 Å². The van der Waals surface area contributed by atoms with Gasteiger partial charge in [-0.3, -0.25) is 0 Å². The molecule has 106 valence electrons. The third-order valence-corrected chi connectivity index (χ3v) is 4.51. The van der Waals surface area contributed by atoms with Crippen molar-refractivity contribution in [2.24, 2.45) is 0 Å². The lowest BCUT2D eigenvalue weighted by molar-refractivity contribution is 0.479. The molecule has 0 spiro atoms. The van der Waals surface area contributed by atoms with Crippen molar-refractivity contribution in [1.82, 2.24) is 4.31 Å². The minimum absolute atomic E-state index is 0.365.